The standard InChI is InChI=1S/C22H31FN8O2/c1-5-29(6-2)11-7-13-33-21-26-20(18-9-8-17(23)15-24-18)31(28-21)19-10-12-30(27-19)22(32)25-14-16(3)4/h8-10,12,15-16H,5-7,11,13-14H2,1-4H3,(H,25,32). The smallest absolute Gasteiger partial charge is 0.342 e. The van der Waals surface area contributed by atoms with Crippen LogP contribution in [0, 0.1) is 11.7 Å². The van der Waals surface area contributed by atoms with E-state index in [9.17, 15) is 9.18 Å². The molecule has 0 saturated heterocycles. The normalized spacial score (nSPS) is 11.4. The van der Waals surface area contributed by atoms with E-state index >= 15 is 0 Å². The number of ether oxygens (including phenoxy) is 1. The molecule has 0 saturated carbocycles. The summed E-state index contributed by atoms with van der Waals surface area (Å²) in [6.45, 7) is 12.1. The highest BCUT2D eigenvalue weighted by Gasteiger charge is 2.19. The molecule has 1 amide bonds. The average molecular weight is 459 g/mol. The summed E-state index contributed by atoms with van der Waals surface area (Å²) in [6.07, 6.45) is 3.47. The van der Waals surface area contributed by atoms with Gasteiger partial charge in [0.15, 0.2) is 11.6 Å². The molecule has 0 atom stereocenters. The molecule has 0 radical (unpaired) electrons. The highest BCUT2D eigenvalue weighted by molar-refractivity contribution is 5.75. The number of aromatic nitrogens is 6. The van der Waals surface area contributed by atoms with Gasteiger partial charge in [-0.3, -0.25) is 0 Å². The number of hydrogen-bond acceptors (Lipinski definition) is 7. The minimum atomic E-state index is -0.455. The van der Waals surface area contributed by atoms with Crippen molar-refractivity contribution < 1.29 is 13.9 Å². The second kappa shape index (κ2) is 11.5. The summed E-state index contributed by atoms with van der Waals surface area (Å²) in [4.78, 5) is 23.2. The van der Waals surface area contributed by atoms with E-state index in [0.717, 1.165) is 32.3 Å². The van der Waals surface area contributed by atoms with Crippen LogP contribution in [0.5, 0.6) is 6.01 Å². The molecule has 0 aliphatic carbocycles. The lowest BCUT2D eigenvalue weighted by molar-refractivity contribution is 0.238. The number of nitrogens with zero attached hydrogens (tertiary/aromatic N) is 7. The summed E-state index contributed by atoms with van der Waals surface area (Å²) in [7, 11) is 0. The lowest BCUT2D eigenvalue weighted by Gasteiger charge is -2.17. The van der Waals surface area contributed by atoms with Gasteiger partial charge >= 0.3 is 12.0 Å². The zero-order valence-electron chi connectivity index (χ0n) is 19.5. The molecule has 0 aromatic carbocycles. The first-order valence-corrected chi connectivity index (χ1v) is 11.2. The first-order chi connectivity index (χ1) is 15.9. The molecule has 3 aromatic rings. The van der Waals surface area contributed by atoms with Gasteiger partial charge in [-0.1, -0.05) is 27.7 Å². The Morgan fingerprint density at radius 2 is 2.00 bits per heavy atom. The molecule has 0 aliphatic rings. The van der Waals surface area contributed by atoms with Crippen molar-refractivity contribution in [3.05, 3.63) is 36.4 Å². The molecule has 0 unspecified atom stereocenters. The van der Waals surface area contributed by atoms with E-state index < -0.39 is 5.82 Å². The zero-order chi connectivity index (χ0) is 23.8. The van der Waals surface area contributed by atoms with Crippen LogP contribution in [-0.4, -0.2) is 73.2 Å². The van der Waals surface area contributed by atoms with Crippen LogP contribution in [0.25, 0.3) is 17.3 Å². The van der Waals surface area contributed by atoms with Gasteiger partial charge in [0.25, 0.3) is 0 Å². The quantitative estimate of drug-likeness (QED) is 0.441. The van der Waals surface area contributed by atoms with Gasteiger partial charge in [0.2, 0.25) is 0 Å². The molecule has 1 N–H and O–H groups in total. The summed E-state index contributed by atoms with van der Waals surface area (Å²) in [5.74, 6) is 0.559. The molecule has 0 aliphatic heterocycles. The molecular weight excluding hydrogens is 427 g/mol. The van der Waals surface area contributed by atoms with Crippen LogP contribution in [0.3, 0.4) is 0 Å². The summed E-state index contributed by atoms with van der Waals surface area (Å²) in [5, 5.41) is 11.5. The Kier molecular flexibility index (Phi) is 8.47. The molecule has 0 bridgehead atoms. The van der Waals surface area contributed by atoms with Crippen molar-refractivity contribution in [3.8, 4) is 23.3 Å². The largest absolute Gasteiger partial charge is 0.462 e. The number of pyridine rings is 1. The maximum Gasteiger partial charge on any atom is 0.342 e. The Morgan fingerprint density at radius 1 is 1.21 bits per heavy atom. The lowest BCUT2D eigenvalue weighted by atomic mass is 10.2. The van der Waals surface area contributed by atoms with E-state index in [0.29, 0.717) is 36.4 Å². The molecule has 0 fully saturated rings. The van der Waals surface area contributed by atoms with Gasteiger partial charge in [0, 0.05) is 25.4 Å². The zero-order valence-corrected chi connectivity index (χ0v) is 19.5. The molecule has 0 spiro atoms. The monoisotopic (exact) mass is 458 g/mol. The Hall–Kier alpha value is -3.34. The van der Waals surface area contributed by atoms with Crippen LogP contribution in [0.15, 0.2) is 30.6 Å². The fourth-order valence-electron chi connectivity index (χ4n) is 3.09. The minimum absolute atomic E-state index is 0.162. The van der Waals surface area contributed by atoms with Gasteiger partial charge in [-0.25, -0.2) is 14.2 Å². The maximum absolute atomic E-state index is 13.4. The molecule has 11 heteroatoms. The van der Waals surface area contributed by atoms with Crippen LogP contribution in [0.1, 0.15) is 34.1 Å². The van der Waals surface area contributed by atoms with Gasteiger partial charge in [0.05, 0.1) is 12.8 Å². The number of halogens is 1. The fraction of sp³-hybridized carbons (Fsp3) is 0.500. The Labute approximate surface area is 192 Å². The summed E-state index contributed by atoms with van der Waals surface area (Å²) >= 11 is 0. The van der Waals surface area contributed by atoms with E-state index in [2.05, 4.69) is 44.2 Å². The van der Waals surface area contributed by atoms with Crippen LogP contribution in [0.2, 0.25) is 0 Å². The molecule has 33 heavy (non-hydrogen) atoms. The first-order valence-electron chi connectivity index (χ1n) is 11.2. The number of carbonyl (C=O) groups excluding carboxylic acids is 1. The second-order valence-corrected chi connectivity index (χ2v) is 7.92. The number of nitrogens with one attached hydrogen (secondary N) is 1. The van der Waals surface area contributed by atoms with E-state index in [1.54, 1.807) is 12.3 Å². The lowest BCUT2D eigenvalue weighted by Crippen LogP contribution is -2.31. The molecule has 10 nitrogen and oxygen atoms in total. The highest BCUT2D eigenvalue weighted by atomic mass is 19.1. The van der Waals surface area contributed by atoms with E-state index in [1.165, 1.54) is 21.5 Å². The SMILES string of the molecule is CCN(CC)CCCOc1nc(-c2ccc(F)cn2)n(-c2ccn(C(=O)NCC(C)C)n2)n1. The highest BCUT2D eigenvalue weighted by Crippen LogP contribution is 2.21. The number of carbonyl (C=O) groups is 1. The summed E-state index contributed by atoms with van der Waals surface area (Å²) < 4.78 is 21.8. The van der Waals surface area contributed by atoms with Crippen LogP contribution in [0.4, 0.5) is 9.18 Å². The third-order valence-electron chi connectivity index (χ3n) is 4.95. The molecule has 3 aromatic heterocycles. The van der Waals surface area contributed by atoms with Crippen molar-refractivity contribution in [2.75, 3.05) is 32.8 Å². The van der Waals surface area contributed by atoms with Gasteiger partial charge in [0.1, 0.15) is 11.5 Å². The Balaban J connectivity index is 1.80. The van der Waals surface area contributed by atoms with Gasteiger partial charge < -0.3 is 15.0 Å². The summed E-state index contributed by atoms with van der Waals surface area (Å²) in [6, 6.07) is 4.26. The van der Waals surface area contributed by atoms with Crippen molar-refractivity contribution in [2.24, 2.45) is 5.92 Å². The molecule has 3 heterocycles. The Bertz CT molecular complexity index is 1030. The van der Waals surface area contributed by atoms with Crippen molar-refractivity contribution in [1.82, 2.24) is 39.7 Å². The van der Waals surface area contributed by atoms with Crippen LogP contribution >= 0.6 is 0 Å². The van der Waals surface area contributed by atoms with Gasteiger partial charge in [-0.2, -0.15) is 14.3 Å². The maximum atomic E-state index is 13.4. The van der Waals surface area contributed by atoms with Crippen LogP contribution in [-0.2, 0) is 0 Å². The fourth-order valence-corrected chi connectivity index (χ4v) is 3.09. The van der Waals surface area contributed by atoms with E-state index in [1.807, 2.05) is 13.8 Å². The van der Waals surface area contributed by atoms with E-state index in [4.69, 9.17) is 4.74 Å². The van der Waals surface area contributed by atoms with Gasteiger partial charge in [-0.15, -0.1) is 10.2 Å². The number of amides is 1. The van der Waals surface area contributed by atoms with Crippen molar-refractivity contribution >= 4 is 6.03 Å². The predicted octanol–water partition coefficient (Wildman–Crippen LogP) is 2.99. The minimum Gasteiger partial charge on any atom is -0.462 e. The third kappa shape index (κ3) is 6.58. The molecular formula is C22H31FN8O2. The van der Waals surface area contributed by atoms with Crippen molar-refractivity contribution in [1.29, 1.82) is 0 Å². The first kappa shape index (κ1) is 24.3. The second-order valence-electron chi connectivity index (χ2n) is 7.92. The van der Waals surface area contributed by atoms with Gasteiger partial charge in [-0.05, 0) is 37.6 Å². The predicted molar refractivity (Wildman–Crippen MR) is 122 cm³/mol. The van der Waals surface area contributed by atoms with E-state index in [-0.39, 0.29) is 12.0 Å². The average Bonchev–Trinajstić information content (AvgIpc) is 3.45. The Morgan fingerprint density at radius 3 is 2.67 bits per heavy atom. The van der Waals surface area contributed by atoms with Crippen molar-refractivity contribution in [3.63, 3.8) is 0 Å². The number of hydrogen-bond donors (Lipinski definition) is 1. The van der Waals surface area contributed by atoms with Crippen LogP contribution < -0.4 is 10.1 Å². The third-order valence-corrected chi connectivity index (χ3v) is 4.95. The summed E-state index contributed by atoms with van der Waals surface area (Å²) in [5.41, 5.74) is 0.403. The van der Waals surface area contributed by atoms with Crippen molar-refractivity contribution in [2.45, 2.75) is 34.1 Å². The molecule has 3 rings (SSSR count). The number of rotatable bonds is 11. The molecule has 178 valence electrons. The topological polar surface area (TPSA) is 103 Å².